The Hall–Kier alpha value is -2.70. The van der Waals surface area contributed by atoms with E-state index in [0.717, 1.165) is 16.9 Å². The van der Waals surface area contributed by atoms with Gasteiger partial charge < -0.3 is 15.2 Å². The number of carbonyl (C=O) groups is 2. The van der Waals surface area contributed by atoms with Crippen molar-refractivity contribution in [1.29, 1.82) is 5.41 Å². The summed E-state index contributed by atoms with van der Waals surface area (Å²) in [5.74, 6) is -0.264. The van der Waals surface area contributed by atoms with E-state index in [2.05, 4.69) is 5.32 Å². The Labute approximate surface area is 175 Å². The maximum Gasteiger partial charge on any atom is 0.227 e. The summed E-state index contributed by atoms with van der Waals surface area (Å²) in [6.45, 7) is -0.294. The van der Waals surface area contributed by atoms with Gasteiger partial charge in [0.25, 0.3) is 0 Å². The molecule has 6 nitrogen and oxygen atoms in total. The number of benzene rings is 2. The average molecular weight is 417 g/mol. The van der Waals surface area contributed by atoms with Gasteiger partial charge in [0.15, 0.2) is 0 Å². The minimum atomic E-state index is -0.481. The van der Waals surface area contributed by atoms with Crippen molar-refractivity contribution >= 4 is 29.1 Å². The summed E-state index contributed by atoms with van der Waals surface area (Å²) in [5, 5.41) is 20.3. The number of amidine groups is 1. The van der Waals surface area contributed by atoms with Crippen LogP contribution in [0.25, 0.3) is 0 Å². The first-order chi connectivity index (χ1) is 13.9. The van der Waals surface area contributed by atoms with Gasteiger partial charge >= 0.3 is 0 Å². The van der Waals surface area contributed by atoms with Crippen LogP contribution < -0.4 is 10.1 Å². The highest BCUT2D eigenvalue weighted by Gasteiger charge is 2.21. The predicted molar refractivity (Wildman–Crippen MR) is 113 cm³/mol. The van der Waals surface area contributed by atoms with Crippen molar-refractivity contribution in [2.24, 2.45) is 5.92 Å². The van der Waals surface area contributed by atoms with Gasteiger partial charge in [-0.2, -0.15) is 0 Å². The van der Waals surface area contributed by atoms with E-state index in [1.54, 1.807) is 31.4 Å². The molecule has 154 valence electrons. The molecule has 7 heteroatoms. The van der Waals surface area contributed by atoms with Crippen molar-refractivity contribution in [3.63, 3.8) is 0 Å². The lowest BCUT2D eigenvalue weighted by Gasteiger charge is -2.19. The molecule has 0 aromatic heterocycles. The van der Waals surface area contributed by atoms with Crippen LogP contribution in [0.3, 0.4) is 0 Å². The smallest absolute Gasteiger partial charge is 0.227 e. The van der Waals surface area contributed by atoms with Crippen molar-refractivity contribution in [2.45, 2.75) is 25.7 Å². The average Bonchev–Trinajstić information content (AvgIpc) is 2.70. The molecule has 0 fully saturated rings. The molecule has 3 N–H and O–H groups in total. The second-order valence-electron chi connectivity index (χ2n) is 6.73. The molecule has 0 aliphatic heterocycles. The zero-order chi connectivity index (χ0) is 21.2. The number of hydrogen-bond acceptors (Lipinski definition) is 5. The number of nitrogens with one attached hydrogen (secondary N) is 2. The Morgan fingerprint density at radius 2 is 1.72 bits per heavy atom. The van der Waals surface area contributed by atoms with Crippen molar-refractivity contribution in [1.82, 2.24) is 5.32 Å². The minimum absolute atomic E-state index is 0.0243. The number of ether oxygens (including phenoxy) is 1. The molecule has 0 heterocycles. The summed E-state index contributed by atoms with van der Waals surface area (Å²) in [7, 11) is 1.58. The van der Waals surface area contributed by atoms with Crippen molar-refractivity contribution in [3.8, 4) is 5.75 Å². The van der Waals surface area contributed by atoms with Crippen LogP contribution in [0, 0.1) is 11.3 Å². The molecule has 0 unspecified atom stereocenters. The van der Waals surface area contributed by atoms with E-state index in [1.807, 2.05) is 24.3 Å². The van der Waals surface area contributed by atoms with Gasteiger partial charge in [0, 0.05) is 23.8 Å². The van der Waals surface area contributed by atoms with E-state index in [9.17, 15) is 9.59 Å². The largest absolute Gasteiger partial charge is 0.497 e. The first-order valence-electron chi connectivity index (χ1n) is 9.29. The molecule has 1 atom stereocenters. The van der Waals surface area contributed by atoms with Crippen LogP contribution >= 0.6 is 11.6 Å². The third kappa shape index (κ3) is 7.68. The van der Waals surface area contributed by atoms with Crippen LogP contribution in [-0.2, 0) is 22.4 Å². The highest BCUT2D eigenvalue weighted by atomic mass is 35.5. The van der Waals surface area contributed by atoms with Gasteiger partial charge in [-0.15, -0.1) is 0 Å². The molecular weight excluding hydrogens is 392 g/mol. The van der Waals surface area contributed by atoms with Gasteiger partial charge in [-0.1, -0.05) is 35.9 Å². The second kappa shape index (κ2) is 11.3. The number of aliphatic hydroxyl groups excluding tert-OH is 1. The van der Waals surface area contributed by atoms with Crippen molar-refractivity contribution in [2.75, 3.05) is 13.7 Å². The molecular formula is C22H25ClN2O4. The molecule has 2 aromatic carbocycles. The van der Waals surface area contributed by atoms with Crippen molar-refractivity contribution < 1.29 is 19.4 Å². The number of halogens is 1. The monoisotopic (exact) mass is 416 g/mol. The standard InChI is InChI=1S/C22H25ClN2O4/c1-29-20-8-4-15(5-9-20)12-17(22(24)25-21(28)10-11-26)14-19(27)13-16-2-6-18(23)7-3-16/h2-9,17,26H,10-14H2,1H3,(H2,24,25,28)/t17-/m1/s1. The highest BCUT2D eigenvalue weighted by Crippen LogP contribution is 2.19. The summed E-state index contributed by atoms with van der Waals surface area (Å²) in [6.07, 6.45) is 0.686. The second-order valence-corrected chi connectivity index (χ2v) is 7.17. The zero-order valence-corrected chi connectivity index (χ0v) is 17.0. The number of Topliss-reactive ketones (excluding diaryl/α,β-unsaturated/α-hetero) is 1. The first-order valence-corrected chi connectivity index (χ1v) is 9.67. The number of hydrogen-bond donors (Lipinski definition) is 3. The highest BCUT2D eigenvalue weighted by molar-refractivity contribution is 6.30. The fraction of sp³-hybridized carbons (Fsp3) is 0.318. The fourth-order valence-electron chi connectivity index (χ4n) is 2.92. The summed E-state index contributed by atoms with van der Waals surface area (Å²) < 4.78 is 5.15. The number of rotatable bonds is 10. The molecule has 2 aromatic rings. The third-order valence-electron chi connectivity index (χ3n) is 4.45. The Kier molecular flexibility index (Phi) is 8.83. The summed E-state index contributed by atoms with van der Waals surface area (Å²) in [5.41, 5.74) is 1.77. The van der Waals surface area contributed by atoms with Gasteiger partial charge in [-0.25, -0.2) is 0 Å². The van der Waals surface area contributed by atoms with Gasteiger partial charge in [0.1, 0.15) is 17.4 Å². The molecule has 0 aliphatic carbocycles. The SMILES string of the molecule is COc1ccc(C[C@H](CC(=O)Cc2ccc(Cl)cc2)C(=N)NC(=O)CCO)cc1. The van der Waals surface area contributed by atoms with Gasteiger partial charge in [0.2, 0.25) is 5.91 Å². The Bertz CT molecular complexity index is 835. The molecule has 0 saturated heterocycles. The maximum absolute atomic E-state index is 12.6. The summed E-state index contributed by atoms with van der Waals surface area (Å²) in [6, 6.07) is 14.4. The Balaban J connectivity index is 2.09. The zero-order valence-electron chi connectivity index (χ0n) is 16.3. The third-order valence-corrected chi connectivity index (χ3v) is 4.70. The van der Waals surface area contributed by atoms with E-state index in [0.29, 0.717) is 11.4 Å². The lowest BCUT2D eigenvalue weighted by Crippen LogP contribution is -2.37. The molecule has 29 heavy (non-hydrogen) atoms. The van der Waals surface area contributed by atoms with Crippen LogP contribution in [-0.4, -0.2) is 36.3 Å². The topological polar surface area (TPSA) is 99.5 Å². The first kappa shape index (κ1) is 22.6. The molecule has 0 aliphatic rings. The normalized spacial score (nSPS) is 11.6. The van der Waals surface area contributed by atoms with Crippen LogP contribution in [0.15, 0.2) is 48.5 Å². The van der Waals surface area contributed by atoms with Gasteiger partial charge in [-0.05, 0) is 41.8 Å². The lowest BCUT2D eigenvalue weighted by molar-refractivity contribution is -0.121. The van der Waals surface area contributed by atoms with E-state index in [-0.39, 0.29) is 37.5 Å². The number of carbonyl (C=O) groups excluding carboxylic acids is 2. The lowest BCUT2D eigenvalue weighted by atomic mass is 9.91. The summed E-state index contributed by atoms with van der Waals surface area (Å²) in [4.78, 5) is 24.4. The van der Waals surface area contributed by atoms with E-state index in [4.69, 9.17) is 26.9 Å². The molecule has 0 spiro atoms. The van der Waals surface area contributed by atoms with E-state index in [1.165, 1.54) is 0 Å². The molecule has 0 bridgehead atoms. The Morgan fingerprint density at radius 1 is 1.10 bits per heavy atom. The molecule has 0 saturated carbocycles. The number of aliphatic hydroxyl groups is 1. The van der Waals surface area contributed by atoms with Crippen LogP contribution in [0.2, 0.25) is 5.02 Å². The Morgan fingerprint density at radius 3 is 2.31 bits per heavy atom. The van der Waals surface area contributed by atoms with E-state index < -0.39 is 11.8 Å². The molecule has 2 rings (SSSR count). The van der Waals surface area contributed by atoms with Gasteiger partial charge in [-0.3, -0.25) is 15.0 Å². The minimum Gasteiger partial charge on any atom is -0.497 e. The van der Waals surface area contributed by atoms with Crippen LogP contribution in [0.1, 0.15) is 24.0 Å². The number of amides is 1. The molecule has 0 radical (unpaired) electrons. The predicted octanol–water partition coefficient (Wildman–Crippen LogP) is 3.19. The summed E-state index contributed by atoms with van der Waals surface area (Å²) >= 11 is 5.88. The van der Waals surface area contributed by atoms with Gasteiger partial charge in [0.05, 0.1) is 20.1 Å². The van der Waals surface area contributed by atoms with E-state index >= 15 is 0 Å². The van der Waals surface area contributed by atoms with Crippen molar-refractivity contribution in [3.05, 3.63) is 64.7 Å². The maximum atomic E-state index is 12.6. The number of methoxy groups -OCH3 is 1. The molecule has 1 amide bonds. The number of ketones is 1. The fourth-order valence-corrected chi connectivity index (χ4v) is 3.04. The quantitative estimate of drug-likeness (QED) is 0.409. The van der Waals surface area contributed by atoms with Crippen LogP contribution in [0.5, 0.6) is 5.75 Å². The van der Waals surface area contributed by atoms with Crippen LogP contribution in [0.4, 0.5) is 0 Å².